The second-order valence-electron chi connectivity index (χ2n) is 9.11. The van der Waals surface area contributed by atoms with Crippen molar-refractivity contribution in [2.45, 2.75) is 45.6 Å². The first-order chi connectivity index (χ1) is 17.3. The molecule has 5 nitrogen and oxygen atoms in total. The maximum Gasteiger partial charge on any atom is 0.307 e. The number of carboxylic acids is 1. The molecule has 1 aliphatic heterocycles. The molecule has 1 unspecified atom stereocenters. The molecule has 7 heteroatoms. The summed E-state index contributed by atoms with van der Waals surface area (Å²) >= 11 is 0. The molecule has 1 heterocycles. The van der Waals surface area contributed by atoms with Crippen LogP contribution in [-0.4, -0.2) is 35.0 Å². The summed E-state index contributed by atoms with van der Waals surface area (Å²) in [7, 11) is 0. The first-order valence-corrected chi connectivity index (χ1v) is 12.1. The Morgan fingerprint density at radius 2 is 1.86 bits per heavy atom. The lowest BCUT2D eigenvalue weighted by Gasteiger charge is -2.32. The fourth-order valence-electron chi connectivity index (χ4n) is 4.77. The number of nitrogens with zero attached hydrogens (tertiary/aromatic N) is 1. The zero-order valence-electron chi connectivity index (χ0n) is 20.4. The quantitative estimate of drug-likeness (QED) is 0.435. The van der Waals surface area contributed by atoms with Crippen LogP contribution in [0.4, 0.5) is 8.78 Å². The van der Waals surface area contributed by atoms with Crippen LogP contribution < -0.4 is 4.74 Å². The van der Waals surface area contributed by atoms with Crippen molar-refractivity contribution in [3.05, 3.63) is 88.5 Å². The van der Waals surface area contributed by atoms with Gasteiger partial charge >= 0.3 is 5.97 Å². The van der Waals surface area contributed by atoms with Gasteiger partial charge in [0.15, 0.2) is 0 Å². The van der Waals surface area contributed by atoms with Gasteiger partial charge in [-0.25, -0.2) is 8.78 Å². The van der Waals surface area contributed by atoms with E-state index >= 15 is 0 Å². The standard InChI is InChI=1S/C29H29F2NO4/c1-3-36-27-10-7-19(15-29(34)35)14-24(27)22-8-9-26(31)23-11-12-32(17-25(22)23)28(33)13-18(2)20-5-4-6-21(30)16-20/h4-10,14,16,18H,3,11-13,15,17H2,1-2H3,(H,34,35). The van der Waals surface area contributed by atoms with Gasteiger partial charge in [-0.1, -0.05) is 31.2 Å². The lowest BCUT2D eigenvalue weighted by Crippen LogP contribution is -2.37. The molecular weight excluding hydrogens is 464 g/mol. The summed E-state index contributed by atoms with van der Waals surface area (Å²) in [6.07, 6.45) is 0.432. The van der Waals surface area contributed by atoms with Gasteiger partial charge in [-0.15, -0.1) is 0 Å². The molecule has 0 bridgehead atoms. The molecule has 1 amide bonds. The van der Waals surface area contributed by atoms with Gasteiger partial charge in [-0.3, -0.25) is 9.59 Å². The number of benzene rings is 3. The smallest absolute Gasteiger partial charge is 0.307 e. The minimum Gasteiger partial charge on any atom is -0.493 e. The van der Waals surface area contributed by atoms with Crippen molar-refractivity contribution in [3.63, 3.8) is 0 Å². The monoisotopic (exact) mass is 493 g/mol. The fraction of sp³-hybridized carbons (Fsp3) is 0.310. The normalized spacial score (nSPS) is 13.7. The summed E-state index contributed by atoms with van der Waals surface area (Å²) in [6, 6.07) is 14.5. The zero-order chi connectivity index (χ0) is 25.8. The van der Waals surface area contributed by atoms with Crippen LogP contribution in [0.25, 0.3) is 11.1 Å². The average Bonchev–Trinajstić information content (AvgIpc) is 2.85. The number of halogens is 2. The Balaban J connectivity index is 1.65. The molecule has 4 rings (SSSR count). The van der Waals surface area contributed by atoms with Gasteiger partial charge < -0.3 is 14.7 Å². The van der Waals surface area contributed by atoms with Crippen molar-refractivity contribution in [2.24, 2.45) is 0 Å². The van der Waals surface area contributed by atoms with Crippen molar-refractivity contribution < 1.29 is 28.2 Å². The second-order valence-corrected chi connectivity index (χ2v) is 9.11. The van der Waals surface area contributed by atoms with Crippen LogP contribution in [0.1, 0.15) is 48.4 Å². The maximum absolute atomic E-state index is 14.8. The van der Waals surface area contributed by atoms with Crippen LogP contribution in [0.2, 0.25) is 0 Å². The highest BCUT2D eigenvalue weighted by atomic mass is 19.1. The van der Waals surface area contributed by atoms with E-state index in [9.17, 15) is 23.5 Å². The molecule has 36 heavy (non-hydrogen) atoms. The lowest BCUT2D eigenvalue weighted by molar-refractivity contribution is -0.136. The number of amides is 1. The molecule has 1 aliphatic rings. The molecule has 0 saturated heterocycles. The van der Waals surface area contributed by atoms with Crippen LogP contribution in [0.5, 0.6) is 5.75 Å². The maximum atomic E-state index is 14.8. The largest absolute Gasteiger partial charge is 0.493 e. The Kier molecular flexibility index (Phi) is 7.67. The second kappa shape index (κ2) is 10.9. The molecule has 0 aromatic heterocycles. The Morgan fingerprint density at radius 1 is 1.06 bits per heavy atom. The third-order valence-electron chi connectivity index (χ3n) is 6.60. The predicted molar refractivity (Wildman–Crippen MR) is 133 cm³/mol. The Labute approximate surface area is 209 Å². The molecule has 3 aromatic carbocycles. The van der Waals surface area contributed by atoms with Crippen LogP contribution in [0.15, 0.2) is 54.6 Å². The van der Waals surface area contributed by atoms with E-state index in [0.717, 1.165) is 11.1 Å². The Morgan fingerprint density at radius 3 is 2.58 bits per heavy atom. The first kappa shape index (κ1) is 25.4. The van der Waals surface area contributed by atoms with Gasteiger partial charge in [0.2, 0.25) is 5.91 Å². The van der Waals surface area contributed by atoms with Crippen molar-refractivity contribution in [2.75, 3.05) is 13.2 Å². The van der Waals surface area contributed by atoms with E-state index in [1.807, 2.05) is 13.8 Å². The summed E-state index contributed by atoms with van der Waals surface area (Å²) < 4.78 is 34.3. The molecule has 1 N–H and O–H groups in total. The van der Waals surface area contributed by atoms with E-state index in [2.05, 4.69) is 0 Å². The summed E-state index contributed by atoms with van der Waals surface area (Å²) in [4.78, 5) is 26.2. The molecule has 0 fully saturated rings. The summed E-state index contributed by atoms with van der Waals surface area (Å²) in [5.74, 6) is -1.29. The summed E-state index contributed by atoms with van der Waals surface area (Å²) in [5.41, 5.74) is 4.00. The molecule has 0 saturated carbocycles. The van der Waals surface area contributed by atoms with Crippen LogP contribution in [0.3, 0.4) is 0 Å². The number of carbonyl (C=O) groups is 2. The number of rotatable bonds is 8. The SMILES string of the molecule is CCOc1ccc(CC(=O)O)cc1-c1ccc(F)c2c1CN(C(=O)CC(C)c1cccc(F)c1)CC2. The number of aliphatic carboxylic acids is 1. The van der Waals surface area contributed by atoms with Gasteiger partial charge in [0.1, 0.15) is 17.4 Å². The topological polar surface area (TPSA) is 66.8 Å². The molecule has 1 atom stereocenters. The predicted octanol–water partition coefficient (Wildman–Crippen LogP) is 5.74. The number of fused-ring (bicyclic) bond motifs is 1. The Bertz CT molecular complexity index is 1290. The van der Waals surface area contributed by atoms with Crippen LogP contribution in [-0.2, 0) is 29.0 Å². The van der Waals surface area contributed by atoms with Crippen LogP contribution >= 0.6 is 0 Å². The summed E-state index contributed by atoms with van der Waals surface area (Å²) in [5, 5.41) is 9.25. The Hall–Kier alpha value is -3.74. The highest BCUT2D eigenvalue weighted by Gasteiger charge is 2.27. The minimum absolute atomic E-state index is 0.0858. The van der Waals surface area contributed by atoms with Crippen molar-refractivity contribution in [1.82, 2.24) is 4.90 Å². The van der Waals surface area contributed by atoms with Crippen molar-refractivity contribution >= 4 is 11.9 Å². The molecule has 3 aromatic rings. The summed E-state index contributed by atoms with van der Waals surface area (Å²) in [6.45, 7) is 4.77. The number of carbonyl (C=O) groups excluding carboxylic acids is 1. The third kappa shape index (κ3) is 5.56. The van der Waals surface area contributed by atoms with E-state index in [0.29, 0.717) is 47.6 Å². The number of hydrogen-bond acceptors (Lipinski definition) is 3. The molecule has 0 radical (unpaired) electrons. The molecular formula is C29H29F2NO4. The highest BCUT2D eigenvalue weighted by Crippen LogP contribution is 2.38. The first-order valence-electron chi connectivity index (χ1n) is 12.1. The zero-order valence-corrected chi connectivity index (χ0v) is 20.4. The number of hydrogen-bond donors (Lipinski definition) is 1. The van der Waals surface area contributed by atoms with Gasteiger partial charge in [0, 0.05) is 25.1 Å². The van der Waals surface area contributed by atoms with Gasteiger partial charge in [-0.2, -0.15) is 0 Å². The fourth-order valence-corrected chi connectivity index (χ4v) is 4.77. The minimum atomic E-state index is -0.949. The lowest BCUT2D eigenvalue weighted by atomic mass is 9.89. The van der Waals surface area contributed by atoms with E-state index in [1.54, 1.807) is 41.3 Å². The third-order valence-corrected chi connectivity index (χ3v) is 6.60. The number of carboxylic acid groups (broad SMARTS) is 1. The van der Waals surface area contributed by atoms with E-state index in [4.69, 9.17) is 4.74 Å². The highest BCUT2D eigenvalue weighted by molar-refractivity contribution is 5.80. The molecule has 0 spiro atoms. The molecule has 188 valence electrons. The van der Waals surface area contributed by atoms with Crippen molar-refractivity contribution in [1.29, 1.82) is 0 Å². The van der Waals surface area contributed by atoms with E-state index < -0.39 is 5.97 Å². The molecule has 0 aliphatic carbocycles. The van der Waals surface area contributed by atoms with Crippen molar-refractivity contribution in [3.8, 4) is 16.9 Å². The van der Waals surface area contributed by atoms with Crippen LogP contribution in [0, 0.1) is 11.6 Å². The van der Waals surface area contributed by atoms with E-state index in [1.165, 1.54) is 18.2 Å². The van der Waals surface area contributed by atoms with E-state index in [-0.39, 0.29) is 42.8 Å². The number of ether oxygens (including phenoxy) is 1. The van der Waals surface area contributed by atoms with Gasteiger partial charge in [-0.05, 0) is 77.4 Å². The van der Waals surface area contributed by atoms with Gasteiger partial charge in [0.25, 0.3) is 0 Å². The average molecular weight is 494 g/mol. The van der Waals surface area contributed by atoms with Gasteiger partial charge in [0.05, 0.1) is 13.0 Å².